The molecule has 0 aliphatic rings. The maximum absolute atomic E-state index is 5.00. The molecule has 0 aromatic carbocycles. The Balaban J connectivity index is 2.91. The third kappa shape index (κ3) is 2.08. The highest BCUT2D eigenvalue weighted by Crippen LogP contribution is 2.10. The van der Waals surface area contributed by atoms with Gasteiger partial charge in [-0.1, -0.05) is 12.2 Å². The van der Waals surface area contributed by atoms with Gasteiger partial charge in [-0.15, -0.1) is 0 Å². The molecule has 0 saturated carbocycles. The molecule has 0 atom stereocenters. The Morgan fingerprint density at radius 1 is 1.45 bits per heavy atom. The fourth-order valence-corrected chi connectivity index (χ4v) is 0.831. The van der Waals surface area contributed by atoms with Crippen LogP contribution < -0.4 is 4.74 Å². The average Bonchev–Trinajstić information content (AvgIpc) is 2.06. The molecule has 1 rings (SSSR count). The number of allylic oxidation sites excluding steroid dienone is 1. The minimum Gasteiger partial charge on any atom is -0.495 e. The Morgan fingerprint density at radius 3 is 2.91 bits per heavy atom. The first kappa shape index (κ1) is 7.79. The molecule has 2 heteroatoms. The van der Waals surface area contributed by atoms with Gasteiger partial charge in [-0.2, -0.15) is 0 Å². The zero-order valence-electron chi connectivity index (χ0n) is 6.74. The number of hydrogen-bond acceptors (Lipinski definition) is 2. The van der Waals surface area contributed by atoms with Gasteiger partial charge in [0.25, 0.3) is 0 Å². The summed E-state index contributed by atoms with van der Waals surface area (Å²) in [6.45, 7) is 1.97. The number of rotatable bonds is 2. The Hall–Kier alpha value is -1.31. The van der Waals surface area contributed by atoms with Crippen molar-refractivity contribution in [2.45, 2.75) is 6.92 Å². The second-order valence-electron chi connectivity index (χ2n) is 2.16. The quantitative estimate of drug-likeness (QED) is 0.642. The first-order valence-corrected chi connectivity index (χ1v) is 3.48. The van der Waals surface area contributed by atoms with E-state index in [0.29, 0.717) is 0 Å². The van der Waals surface area contributed by atoms with E-state index in [-0.39, 0.29) is 0 Å². The molecule has 0 amide bonds. The van der Waals surface area contributed by atoms with Gasteiger partial charge in [-0.3, -0.25) is 4.98 Å². The van der Waals surface area contributed by atoms with Crippen LogP contribution in [0.4, 0.5) is 0 Å². The summed E-state index contributed by atoms with van der Waals surface area (Å²) in [6, 6.07) is 1.94. The van der Waals surface area contributed by atoms with Gasteiger partial charge in [0.1, 0.15) is 5.75 Å². The summed E-state index contributed by atoms with van der Waals surface area (Å²) < 4.78 is 5.00. The highest BCUT2D eigenvalue weighted by Gasteiger charge is 1.90. The summed E-state index contributed by atoms with van der Waals surface area (Å²) in [5.41, 5.74) is 1.06. The lowest BCUT2D eigenvalue weighted by Crippen LogP contribution is -1.84. The molecule has 58 valence electrons. The number of methoxy groups -OCH3 is 1. The molecule has 1 aromatic rings. The fourth-order valence-electron chi connectivity index (χ4n) is 0.831. The number of pyridine rings is 1. The fraction of sp³-hybridized carbons (Fsp3) is 0.222. The molecule has 2 nitrogen and oxygen atoms in total. The Morgan fingerprint density at radius 2 is 2.27 bits per heavy atom. The van der Waals surface area contributed by atoms with E-state index in [1.54, 1.807) is 19.5 Å². The van der Waals surface area contributed by atoms with Gasteiger partial charge < -0.3 is 4.74 Å². The van der Waals surface area contributed by atoms with Gasteiger partial charge in [0.05, 0.1) is 13.3 Å². The van der Waals surface area contributed by atoms with Crippen LogP contribution in [0.15, 0.2) is 24.5 Å². The normalized spacial score (nSPS) is 10.4. The SMILES string of the molecule is C/C=C/c1cncc(OC)c1. The summed E-state index contributed by atoms with van der Waals surface area (Å²) >= 11 is 0. The van der Waals surface area contributed by atoms with Crippen molar-refractivity contribution in [3.63, 3.8) is 0 Å². The van der Waals surface area contributed by atoms with E-state index in [4.69, 9.17) is 4.74 Å². The zero-order valence-corrected chi connectivity index (χ0v) is 6.74. The number of hydrogen-bond donors (Lipinski definition) is 0. The highest BCUT2D eigenvalue weighted by atomic mass is 16.5. The molecule has 0 spiro atoms. The molecule has 0 aliphatic carbocycles. The second-order valence-corrected chi connectivity index (χ2v) is 2.16. The second kappa shape index (κ2) is 3.76. The van der Waals surface area contributed by atoms with Crippen LogP contribution in [-0.2, 0) is 0 Å². The van der Waals surface area contributed by atoms with Crippen LogP contribution in [0.3, 0.4) is 0 Å². The van der Waals surface area contributed by atoms with Crippen molar-refractivity contribution in [2.75, 3.05) is 7.11 Å². The highest BCUT2D eigenvalue weighted by molar-refractivity contribution is 5.49. The Labute approximate surface area is 66.5 Å². The number of aromatic nitrogens is 1. The van der Waals surface area contributed by atoms with E-state index in [1.807, 2.05) is 25.1 Å². The topological polar surface area (TPSA) is 22.1 Å². The number of nitrogens with zero attached hydrogens (tertiary/aromatic N) is 1. The minimum absolute atomic E-state index is 0.792. The predicted octanol–water partition coefficient (Wildman–Crippen LogP) is 2.12. The maximum Gasteiger partial charge on any atom is 0.137 e. The zero-order chi connectivity index (χ0) is 8.10. The van der Waals surface area contributed by atoms with Crippen LogP contribution in [-0.4, -0.2) is 12.1 Å². The molecule has 1 aromatic heterocycles. The molecule has 0 aliphatic heterocycles. The lowest BCUT2D eigenvalue weighted by molar-refractivity contribution is 0.413. The molecule has 0 fully saturated rings. The lowest BCUT2D eigenvalue weighted by atomic mass is 10.2. The van der Waals surface area contributed by atoms with Gasteiger partial charge in [0.15, 0.2) is 0 Å². The third-order valence-electron chi connectivity index (χ3n) is 1.33. The monoisotopic (exact) mass is 149 g/mol. The number of ether oxygens (including phenoxy) is 1. The molecule has 0 saturated heterocycles. The molecule has 0 radical (unpaired) electrons. The first-order chi connectivity index (χ1) is 5.36. The molecule has 0 bridgehead atoms. The molecular weight excluding hydrogens is 138 g/mol. The predicted molar refractivity (Wildman–Crippen MR) is 45.5 cm³/mol. The largest absolute Gasteiger partial charge is 0.495 e. The van der Waals surface area contributed by atoms with Gasteiger partial charge in [-0.05, 0) is 18.6 Å². The van der Waals surface area contributed by atoms with E-state index in [1.165, 1.54) is 0 Å². The molecule has 0 N–H and O–H groups in total. The van der Waals surface area contributed by atoms with Crippen LogP contribution in [0.25, 0.3) is 6.08 Å². The van der Waals surface area contributed by atoms with Crippen molar-refractivity contribution < 1.29 is 4.74 Å². The molecular formula is C9H11NO. The van der Waals surface area contributed by atoms with Gasteiger partial charge >= 0.3 is 0 Å². The Kier molecular flexibility index (Phi) is 2.66. The van der Waals surface area contributed by atoms with Crippen molar-refractivity contribution in [3.05, 3.63) is 30.1 Å². The van der Waals surface area contributed by atoms with Crippen molar-refractivity contribution >= 4 is 6.08 Å². The first-order valence-electron chi connectivity index (χ1n) is 3.48. The van der Waals surface area contributed by atoms with E-state index in [9.17, 15) is 0 Å². The van der Waals surface area contributed by atoms with E-state index in [2.05, 4.69) is 4.98 Å². The maximum atomic E-state index is 5.00. The van der Waals surface area contributed by atoms with Crippen LogP contribution in [0, 0.1) is 0 Å². The summed E-state index contributed by atoms with van der Waals surface area (Å²) in [4.78, 5) is 4.00. The van der Waals surface area contributed by atoms with Crippen molar-refractivity contribution in [3.8, 4) is 5.75 Å². The van der Waals surface area contributed by atoms with Gasteiger partial charge in [0.2, 0.25) is 0 Å². The average molecular weight is 149 g/mol. The summed E-state index contributed by atoms with van der Waals surface area (Å²) in [5.74, 6) is 0.792. The smallest absolute Gasteiger partial charge is 0.137 e. The standard InChI is InChI=1S/C9H11NO/c1-3-4-8-5-9(11-2)7-10-6-8/h3-7H,1-2H3/b4-3+. The van der Waals surface area contributed by atoms with Crippen LogP contribution in [0.1, 0.15) is 12.5 Å². The minimum atomic E-state index is 0.792. The van der Waals surface area contributed by atoms with Gasteiger partial charge in [0, 0.05) is 6.20 Å². The summed E-state index contributed by atoms with van der Waals surface area (Å²) in [6.07, 6.45) is 7.43. The third-order valence-corrected chi connectivity index (χ3v) is 1.33. The molecule has 0 unspecified atom stereocenters. The van der Waals surface area contributed by atoms with Crippen LogP contribution >= 0.6 is 0 Å². The van der Waals surface area contributed by atoms with Crippen LogP contribution in [0.5, 0.6) is 5.75 Å². The summed E-state index contributed by atoms with van der Waals surface area (Å²) in [7, 11) is 1.64. The Bertz CT molecular complexity index is 255. The molecule has 1 heterocycles. The van der Waals surface area contributed by atoms with Crippen molar-refractivity contribution in [1.82, 2.24) is 4.98 Å². The van der Waals surface area contributed by atoms with E-state index in [0.717, 1.165) is 11.3 Å². The van der Waals surface area contributed by atoms with E-state index >= 15 is 0 Å². The summed E-state index contributed by atoms with van der Waals surface area (Å²) in [5, 5.41) is 0. The van der Waals surface area contributed by atoms with Crippen LogP contribution in [0.2, 0.25) is 0 Å². The lowest BCUT2D eigenvalue weighted by Gasteiger charge is -1.98. The van der Waals surface area contributed by atoms with Gasteiger partial charge in [-0.25, -0.2) is 0 Å². The van der Waals surface area contributed by atoms with Crippen molar-refractivity contribution in [2.24, 2.45) is 0 Å². The van der Waals surface area contributed by atoms with Crippen molar-refractivity contribution in [1.29, 1.82) is 0 Å². The van der Waals surface area contributed by atoms with E-state index < -0.39 is 0 Å². The molecule has 11 heavy (non-hydrogen) atoms.